The molecule has 0 fully saturated rings. The van der Waals surface area contributed by atoms with E-state index in [0.29, 0.717) is 6.04 Å². The van der Waals surface area contributed by atoms with Gasteiger partial charge in [-0.05, 0) is 31.0 Å². The predicted molar refractivity (Wildman–Crippen MR) is 68.6 cm³/mol. The van der Waals surface area contributed by atoms with Gasteiger partial charge < -0.3 is 9.73 Å². The second-order valence-electron chi connectivity index (χ2n) is 4.52. The Morgan fingerprint density at radius 3 is 2.65 bits per heavy atom. The SMILES string of the molecule is C[C@@H](CCc1ccccc1)[NH2+]Cc1ccco1. The van der Waals surface area contributed by atoms with Crippen molar-refractivity contribution in [1.82, 2.24) is 0 Å². The summed E-state index contributed by atoms with van der Waals surface area (Å²) in [5, 5.41) is 2.34. The average Bonchev–Trinajstić information content (AvgIpc) is 2.88. The molecule has 17 heavy (non-hydrogen) atoms. The Morgan fingerprint density at radius 2 is 1.94 bits per heavy atom. The average molecular weight is 230 g/mol. The molecule has 2 rings (SSSR count). The summed E-state index contributed by atoms with van der Waals surface area (Å²) in [6.45, 7) is 3.20. The van der Waals surface area contributed by atoms with E-state index >= 15 is 0 Å². The summed E-state index contributed by atoms with van der Waals surface area (Å²) >= 11 is 0. The highest BCUT2D eigenvalue weighted by molar-refractivity contribution is 5.14. The molecule has 0 spiro atoms. The Balaban J connectivity index is 1.69. The van der Waals surface area contributed by atoms with Crippen LogP contribution < -0.4 is 5.32 Å². The van der Waals surface area contributed by atoms with Crippen LogP contribution in [0.25, 0.3) is 0 Å². The van der Waals surface area contributed by atoms with Crippen LogP contribution in [0, 0.1) is 0 Å². The Kier molecular flexibility index (Phi) is 4.39. The van der Waals surface area contributed by atoms with Crippen molar-refractivity contribution in [2.24, 2.45) is 0 Å². The van der Waals surface area contributed by atoms with Crippen molar-refractivity contribution in [1.29, 1.82) is 0 Å². The van der Waals surface area contributed by atoms with Crippen LogP contribution in [0.2, 0.25) is 0 Å². The quantitative estimate of drug-likeness (QED) is 0.811. The standard InChI is InChI=1S/C15H19NO/c1-13(16-12-15-8-5-11-17-15)9-10-14-6-3-2-4-7-14/h2-8,11,13,16H,9-10,12H2,1H3/p+1/t13-/m0/s1. The normalized spacial score (nSPS) is 12.5. The van der Waals surface area contributed by atoms with Crippen LogP contribution in [-0.2, 0) is 13.0 Å². The van der Waals surface area contributed by atoms with Gasteiger partial charge in [-0.15, -0.1) is 0 Å². The third-order valence-corrected chi connectivity index (χ3v) is 3.03. The maximum Gasteiger partial charge on any atom is 0.157 e. The molecule has 0 saturated heterocycles. The Morgan fingerprint density at radius 1 is 1.12 bits per heavy atom. The van der Waals surface area contributed by atoms with Crippen molar-refractivity contribution in [2.75, 3.05) is 0 Å². The van der Waals surface area contributed by atoms with Crippen LogP contribution >= 0.6 is 0 Å². The highest BCUT2D eigenvalue weighted by Gasteiger charge is 2.06. The van der Waals surface area contributed by atoms with Crippen LogP contribution in [0.4, 0.5) is 0 Å². The van der Waals surface area contributed by atoms with Crippen LogP contribution in [0.3, 0.4) is 0 Å². The zero-order valence-corrected chi connectivity index (χ0v) is 10.3. The molecule has 0 amide bonds. The molecule has 0 bridgehead atoms. The van der Waals surface area contributed by atoms with Gasteiger partial charge in [0.1, 0.15) is 6.54 Å². The first kappa shape index (κ1) is 11.9. The van der Waals surface area contributed by atoms with E-state index in [2.05, 4.69) is 42.6 Å². The molecule has 2 N–H and O–H groups in total. The van der Waals surface area contributed by atoms with Gasteiger partial charge in [0.05, 0.1) is 12.3 Å². The fourth-order valence-electron chi connectivity index (χ4n) is 1.90. The van der Waals surface area contributed by atoms with Crippen molar-refractivity contribution in [2.45, 2.75) is 32.4 Å². The number of furan rings is 1. The van der Waals surface area contributed by atoms with Crippen LogP contribution in [0.1, 0.15) is 24.7 Å². The summed E-state index contributed by atoms with van der Waals surface area (Å²) in [5.74, 6) is 1.05. The van der Waals surface area contributed by atoms with Crippen LogP contribution in [0.15, 0.2) is 53.1 Å². The van der Waals surface area contributed by atoms with Crippen LogP contribution in [-0.4, -0.2) is 6.04 Å². The minimum Gasteiger partial charge on any atom is -0.463 e. The lowest BCUT2D eigenvalue weighted by molar-refractivity contribution is -0.703. The third kappa shape index (κ3) is 4.08. The van der Waals surface area contributed by atoms with Gasteiger partial charge in [-0.1, -0.05) is 30.3 Å². The monoisotopic (exact) mass is 230 g/mol. The number of nitrogens with two attached hydrogens (primary N) is 1. The summed E-state index contributed by atoms with van der Waals surface area (Å²) in [7, 11) is 0. The summed E-state index contributed by atoms with van der Waals surface area (Å²) < 4.78 is 5.32. The first-order chi connectivity index (χ1) is 8.34. The molecule has 0 unspecified atom stereocenters. The van der Waals surface area contributed by atoms with Crippen molar-refractivity contribution in [3.63, 3.8) is 0 Å². The second kappa shape index (κ2) is 6.26. The molecule has 1 heterocycles. The lowest BCUT2D eigenvalue weighted by Crippen LogP contribution is -2.87. The third-order valence-electron chi connectivity index (χ3n) is 3.03. The minimum absolute atomic E-state index is 0.625. The van der Waals surface area contributed by atoms with E-state index in [9.17, 15) is 0 Å². The number of benzene rings is 1. The molecule has 1 aromatic carbocycles. The second-order valence-corrected chi connectivity index (χ2v) is 4.52. The fourth-order valence-corrected chi connectivity index (χ4v) is 1.90. The molecule has 2 heteroatoms. The van der Waals surface area contributed by atoms with Crippen molar-refractivity contribution in [3.8, 4) is 0 Å². The number of hydrogen-bond donors (Lipinski definition) is 1. The molecule has 0 aliphatic rings. The van der Waals surface area contributed by atoms with Gasteiger partial charge in [-0.2, -0.15) is 0 Å². The van der Waals surface area contributed by atoms with Gasteiger partial charge in [-0.3, -0.25) is 0 Å². The summed E-state index contributed by atoms with van der Waals surface area (Å²) in [5.41, 5.74) is 1.42. The number of rotatable bonds is 6. The lowest BCUT2D eigenvalue weighted by Gasteiger charge is -2.09. The first-order valence-electron chi connectivity index (χ1n) is 6.24. The zero-order valence-electron chi connectivity index (χ0n) is 10.3. The van der Waals surface area contributed by atoms with Crippen LogP contribution in [0.5, 0.6) is 0 Å². The highest BCUT2D eigenvalue weighted by atomic mass is 16.3. The molecule has 0 aliphatic heterocycles. The van der Waals surface area contributed by atoms with Gasteiger partial charge in [-0.25, -0.2) is 0 Å². The molecule has 2 aromatic rings. The molecular weight excluding hydrogens is 210 g/mol. The maximum absolute atomic E-state index is 5.32. The molecule has 0 saturated carbocycles. The van der Waals surface area contributed by atoms with Gasteiger partial charge in [0, 0.05) is 6.42 Å². The molecule has 1 atom stereocenters. The van der Waals surface area contributed by atoms with Crippen molar-refractivity contribution < 1.29 is 9.73 Å². The van der Waals surface area contributed by atoms with Gasteiger partial charge in [0.2, 0.25) is 0 Å². The molecule has 1 aromatic heterocycles. The van der Waals surface area contributed by atoms with Crippen molar-refractivity contribution >= 4 is 0 Å². The highest BCUT2D eigenvalue weighted by Crippen LogP contribution is 2.03. The lowest BCUT2D eigenvalue weighted by atomic mass is 10.1. The van der Waals surface area contributed by atoms with Gasteiger partial charge >= 0.3 is 0 Å². The molecule has 90 valence electrons. The Labute approximate surface area is 103 Å². The topological polar surface area (TPSA) is 29.8 Å². The smallest absolute Gasteiger partial charge is 0.157 e. The van der Waals surface area contributed by atoms with E-state index in [4.69, 9.17) is 4.42 Å². The largest absolute Gasteiger partial charge is 0.463 e. The van der Waals surface area contributed by atoms with E-state index < -0.39 is 0 Å². The zero-order chi connectivity index (χ0) is 11.9. The van der Waals surface area contributed by atoms with E-state index in [1.54, 1.807) is 6.26 Å². The van der Waals surface area contributed by atoms with E-state index in [-0.39, 0.29) is 0 Å². The van der Waals surface area contributed by atoms with Gasteiger partial charge in [0.25, 0.3) is 0 Å². The van der Waals surface area contributed by atoms with E-state index in [1.807, 2.05) is 12.1 Å². The van der Waals surface area contributed by atoms with Crippen molar-refractivity contribution in [3.05, 3.63) is 60.1 Å². The van der Waals surface area contributed by atoms with Gasteiger partial charge in [0.15, 0.2) is 5.76 Å². The summed E-state index contributed by atoms with van der Waals surface area (Å²) in [6, 6.07) is 15.3. The summed E-state index contributed by atoms with van der Waals surface area (Å²) in [4.78, 5) is 0. The minimum atomic E-state index is 0.625. The maximum atomic E-state index is 5.32. The number of quaternary nitrogens is 1. The number of hydrogen-bond acceptors (Lipinski definition) is 1. The summed E-state index contributed by atoms with van der Waals surface area (Å²) in [6.07, 6.45) is 4.08. The molecular formula is C15H20NO+. The number of aryl methyl sites for hydroxylation is 1. The predicted octanol–water partition coefficient (Wildman–Crippen LogP) is 2.36. The Bertz CT molecular complexity index is 408. The first-order valence-corrected chi connectivity index (χ1v) is 6.24. The van der Waals surface area contributed by atoms with E-state index in [0.717, 1.165) is 18.7 Å². The molecule has 2 nitrogen and oxygen atoms in total. The van der Waals surface area contributed by atoms with E-state index in [1.165, 1.54) is 12.0 Å². The Hall–Kier alpha value is -1.54. The molecule has 0 radical (unpaired) electrons. The molecule has 0 aliphatic carbocycles. The fraction of sp³-hybridized carbons (Fsp3) is 0.333.